The van der Waals surface area contributed by atoms with E-state index in [1.54, 1.807) is 24.5 Å². The molecule has 0 aliphatic carbocycles. The van der Waals surface area contributed by atoms with E-state index in [9.17, 15) is 18.0 Å². The lowest BCUT2D eigenvalue weighted by molar-refractivity contribution is -0.121. The lowest BCUT2D eigenvalue weighted by Crippen LogP contribution is -2.27. The Labute approximate surface area is 170 Å². The fourth-order valence-corrected chi connectivity index (χ4v) is 4.17. The van der Waals surface area contributed by atoms with Crippen molar-refractivity contribution in [2.24, 2.45) is 0 Å². The second-order valence-electron chi connectivity index (χ2n) is 6.85. The van der Waals surface area contributed by atoms with Crippen LogP contribution in [0.4, 0.5) is 5.69 Å². The summed E-state index contributed by atoms with van der Waals surface area (Å²) < 4.78 is 27.6. The minimum absolute atomic E-state index is 0.0558. The highest BCUT2D eigenvalue weighted by atomic mass is 32.2. The van der Waals surface area contributed by atoms with Gasteiger partial charge in [0.2, 0.25) is 21.8 Å². The molecule has 3 N–H and O–H groups in total. The molecule has 0 bridgehead atoms. The summed E-state index contributed by atoms with van der Waals surface area (Å²) in [6.07, 6.45) is 5.70. The van der Waals surface area contributed by atoms with E-state index in [1.807, 2.05) is 12.1 Å². The smallest absolute Gasteiger partial charge is 0.240 e. The van der Waals surface area contributed by atoms with Crippen molar-refractivity contribution < 1.29 is 18.0 Å². The summed E-state index contributed by atoms with van der Waals surface area (Å²) in [7, 11) is -3.67. The van der Waals surface area contributed by atoms with Gasteiger partial charge in [-0.1, -0.05) is 0 Å². The first kappa shape index (κ1) is 20.9. The molecule has 3 rings (SSSR count). The van der Waals surface area contributed by atoms with E-state index < -0.39 is 10.0 Å². The lowest BCUT2D eigenvalue weighted by atomic mass is 10.1. The van der Waals surface area contributed by atoms with Gasteiger partial charge in [0.25, 0.3) is 0 Å². The number of nitrogens with zero attached hydrogens (tertiary/aromatic N) is 1. The second kappa shape index (κ2) is 9.62. The lowest BCUT2D eigenvalue weighted by Gasteiger charge is -2.11. The number of benzene rings is 1. The number of aromatic nitrogens is 1. The minimum Gasteiger partial charge on any atom is -0.352 e. The van der Waals surface area contributed by atoms with Gasteiger partial charge in [0.1, 0.15) is 0 Å². The van der Waals surface area contributed by atoms with Gasteiger partial charge in [-0.05, 0) is 60.7 Å². The van der Waals surface area contributed by atoms with E-state index in [0.717, 1.165) is 11.1 Å². The standard InChI is InChI=1S/C20H24N4O4S/c25-19(22-14-15-8-11-21-12-9-15)5-2-10-23-29(27,28)17-6-7-18-16(13-17)3-1-4-20(26)24-18/h6-9,11-13,23H,1-5,10,14H2,(H,22,25)(H,24,26). The molecule has 1 aliphatic rings. The first-order valence-corrected chi connectivity index (χ1v) is 11.0. The van der Waals surface area contributed by atoms with Crippen LogP contribution < -0.4 is 15.4 Å². The van der Waals surface area contributed by atoms with Crippen LogP contribution >= 0.6 is 0 Å². The Balaban J connectivity index is 1.47. The molecule has 1 aromatic carbocycles. The van der Waals surface area contributed by atoms with Gasteiger partial charge in [0.15, 0.2) is 0 Å². The summed E-state index contributed by atoms with van der Waals surface area (Å²) in [6, 6.07) is 8.35. The number of carbonyl (C=O) groups excluding carboxylic acids is 2. The average molecular weight is 417 g/mol. The summed E-state index contributed by atoms with van der Waals surface area (Å²) in [6.45, 7) is 0.581. The Morgan fingerprint density at radius 2 is 1.93 bits per heavy atom. The van der Waals surface area contributed by atoms with Crippen LogP contribution in [0.1, 0.15) is 36.8 Å². The van der Waals surface area contributed by atoms with Gasteiger partial charge in [0.05, 0.1) is 4.90 Å². The number of fused-ring (bicyclic) bond motifs is 1. The topological polar surface area (TPSA) is 117 Å². The fourth-order valence-electron chi connectivity index (χ4n) is 3.05. The van der Waals surface area contributed by atoms with Crippen molar-refractivity contribution in [1.29, 1.82) is 0 Å². The number of amides is 2. The maximum atomic E-state index is 12.5. The Bertz CT molecular complexity index is 977. The van der Waals surface area contributed by atoms with Crippen molar-refractivity contribution in [2.75, 3.05) is 11.9 Å². The minimum atomic E-state index is -3.67. The van der Waals surface area contributed by atoms with Crippen LogP contribution in [-0.2, 0) is 32.6 Å². The average Bonchev–Trinajstić information content (AvgIpc) is 2.90. The summed E-state index contributed by atoms with van der Waals surface area (Å²) in [5.74, 6) is -0.193. The Morgan fingerprint density at radius 3 is 2.72 bits per heavy atom. The van der Waals surface area contributed by atoms with Gasteiger partial charge in [0, 0.05) is 44.0 Å². The Kier molecular flexibility index (Phi) is 6.95. The van der Waals surface area contributed by atoms with Crippen LogP contribution in [0.5, 0.6) is 0 Å². The molecule has 154 valence electrons. The van der Waals surface area contributed by atoms with E-state index in [0.29, 0.717) is 37.9 Å². The van der Waals surface area contributed by atoms with Crippen molar-refractivity contribution in [3.63, 3.8) is 0 Å². The number of anilines is 1. The monoisotopic (exact) mass is 416 g/mol. The number of carbonyl (C=O) groups is 2. The number of hydrogen-bond donors (Lipinski definition) is 3. The van der Waals surface area contributed by atoms with Crippen LogP contribution in [0.15, 0.2) is 47.6 Å². The first-order chi connectivity index (χ1) is 13.9. The largest absolute Gasteiger partial charge is 0.352 e. The molecule has 1 aliphatic heterocycles. The van der Waals surface area contributed by atoms with Crippen molar-refractivity contribution in [3.8, 4) is 0 Å². The maximum absolute atomic E-state index is 12.5. The SMILES string of the molecule is O=C(CCCNS(=O)(=O)c1ccc2c(c1)CCCC(=O)N2)NCc1ccncc1. The van der Waals surface area contributed by atoms with Gasteiger partial charge < -0.3 is 10.6 Å². The van der Waals surface area contributed by atoms with Crippen LogP contribution in [0, 0.1) is 0 Å². The van der Waals surface area contributed by atoms with Crippen LogP contribution in [0.25, 0.3) is 0 Å². The zero-order valence-corrected chi connectivity index (χ0v) is 16.8. The third kappa shape index (κ3) is 6.10. The second-order valence-corrected chi connectivity index (χ2v) is 8.62. The predicted octanol–water partition coefficient (Wildman–Crippen LogP) is 1.73. The van der Waals surface area contributed by atoms with Crippen molar-refractivity contribution >= 4 is 27.5 Å². The normalized spacial score (nSPS) is 13.9. The van der Waals surface area contributed by atoms with Crippen molar-refractivity contribution in [3.05, 3.63) is 53.9 Å². The molecule has 1 aromatic heterocycles. The van der Waals surface area contributed by atoms with Gasteiger partial charge in [-0.3, -0.25) is 14.6 Å². The molecule has 2 aromatic rings. The molecule has 0 unspecified atom stereocenters. The van der Waals surface area contributed by atoms with Gasteiger partial charge in [-0.25, -0.2) is 13.1 Å². The molecule has 0 saturated heterocycles. The molecule has 2 heterocycles. The molecule has 0 radical (unpaired) electrons. The van der Waals surface area contributed by atoms with E-state index in [4.69, 9.17) is 0 Å². The number of sulfonamides is 1. The molecule has 0 saturated carbocycles. The molecule has 0 fully saturated rings. The van der Waals surface area contributed by atoms with E-state index in [1.165, 1.54) is 6.07 Å². The van der Waals surface area contributed by atoms with E-state index >= 15 is 0 Å². The predicted molar refractivity (Wildman–Crippen MR) is 109 cm³/mol. The molecule has 0 spiro atoms. The Morgan fingerprint density at radius 1 is 1.14 bits per heavy atom. The molecular weight excluding hydrogens is 392 g/mol. The third-order valence-corrected chi connectivity index (χ3v) is 6.08. The summed E-state index contributed by atoms with van der Waals surface area (Å²) >= 11 is 0. The molecule has 0 atom stereocenters. The molecule has 8 nitrogen and oxygen atoms in total. The van der Waals surface area contributed by atoms with Gasteiger partial charge in [-0.2, -0.15) is 0 Å². The Hall–Kier alpha value is -2.78. The summed E-state index contributed by atoms with van der Waals surface area (Å²) in [4.78, 5) is 27.6. The zero-order valence-electron chi connectivity index (χ0n) is 16.0. The van der Waals surface area contributed by atoms with Crippen molar-refractivity contribution in [2.45, 2.75) is 43.5 Å². The molecular formula is C20H24N4O4S. The number of pyridine rings is 1. The highest BCUT2D eigenvalue weighted by Crippen LogP contribution is 2.25. The van der Waals surface area contributed by atoms with Crippen molar-refractivity contribution in [1.82, 2.24) is 15.0 Å². The first-order valence-electron chi connectivity index (χ1n) is 9.52. The zero-order chi connectivity index (χ0) is 20.7. The van der Waals surface area contributed by atoms with Crippen LogP contribution in [0.3, 0.4) is 0 Å². The third-order valence-electron chi connectivity index (χ3n) is 4.62. The quantitative estimate of drug-likeness (QED) is 0.567. The molecule has 9 heteroatoms. The number of rotatable bonds is 8. The highest BCUT2D eigenvalue weighted by Gasteiger charge is 2.18. The molecule has 29 heavy (non-hydrogen) atoms. The number of nitrogens with one attached hydrogen (secondary N) is 3. The number of hydrogen-bond acceptors (Lipinski definition) is 5. The van der Waals surface area contributed by atoms with E-state index in [2.05, 4.69) is 20.3 Å². The molecule has 2 amide bonds. The highest BCUT2D eigenvalue weighted by molar-refractivity contribution is 7.89. The van der Waals surface area contributed by atoms with Crippen LogP contribution in [0.2, 0.25) is 0 Å². The van der Waals surface area contributed by atoms with E-state index in [-0.39, 0.29) is 29.7 Å². The summed E-state index contributed by atoms with van der Waals surface area (Å²) in [5, 5.41) is 5.58. The van der Waals surface area contributed by atoms with Crippen LogP contribution in [-0.4, -0.2) is 31.8 Å². The van der Waals surface area contributed by atoms with Gasteiger partial charge >= 0.3 is 0 Å². The fraction of sp³-hybridized carbons (Fsp3) is 0.350. The maximum Gasteiger partial charge on any atom is 0.240 e. The number of aryl methyl sites for hydroxylation is 1. The van der Waals surface area contributed by atoms with Gasteiger partial charge in [-0.15, -0.1) is 0 Å². The summed E-state index contributed by atoms with van der Waals surface area (Å²) in [5.41, 5.74) is 2.43.